The highest BCUT2D eigenvalue weighted by Gasteiger charge is 2.27. The van der Waals surface area contributed by atoms with Gasteiger partial charge < -0.3 is 9.64 Å². The quantitative estimate of drug-likeness (QED) is 0.422. The van der Waals surface area contributed by atoms with Gasteiger partial charge in [0.15, 0.2) is 0 Å². The van der Waals surface area contributed by atoms with Crippen molar-refractivity contribution in [3.05, 3.63) is 33.9 Å². The minimum Gasteiger partial charge on any atom is -0.490 e. The average molecular weight is 367 g/mol. The zero-order valence-electron chi connectivity index (χ0n) is 11.1. The van der Waals surface area contributed by atoms with E-state index < -0.39 is 23.8 Å². The van der Waals surface area contributed by atoms with Gasteiger partial charge in [-0.05, 0) is 6.07 Å². The maximum Gasteiger partial charge on any atom is 0.311 e. The number of hydrogen-bond acceptors (Lipinski definition) is 4. The summed E-state index contributed by atoms with van der Waals surface area (Å²) < 4.78 is 30.0. The summed E-state index contributed by atoms with van der Waals surface area (Å²) in [5.74, 6) is -0.975. The van der Waals surface area contributed by atoms with E-state index in [-0.39, 0.29) is 23.5 Å². The third kappa shape index (κ3) is 4.35. The largest absolute Gasteiger partial charge is 0.490 e. The van der Waals surface area contributed by atoms with E-state index in [0.29, 0.717) is 5.33 Å². The summed E-state index contributed by atoms with van der Waals surface area (Å²) in [6.45, 7) is -0.703. The number of nitro benzene ring substituents is 1. The molecule has 116 valence electrons. The maximum absolute atomic E-state index is 12.5. The number of halogens is 3. The second-order valence-electron chi connectivity index (χ2n) is 3.95. The van der Waals surface area contributed by atoms with E-state index in [4.69, 9.17) is 4.74 Å². The number of amides is 1. The molecule has 0 spiro atoms. The lowest BCUT2D eigenvalue weighted by Gasteiger charge is -2.22. The molecule has 0 aliphatic carbocycles. The fraction of sp³-hybridized carbons (Fsp3) is 0.417. The highest BCUT2D eigenvalue weighted by molar-refractivity contribution is 9.09. The zero-order valence-corrected chi connectivity index (χ0v) is 12.7. The summed E-state index contributed by atoms with van der Waals surface area (Å²) in [4.78, 5) is 23.4. The number of alkyl halides is 3. The van der Waals surface area contributed by atoms with Crippen molar-refractivity contribution in [2.45, 2.75) is 6.43 Å². The number of benzene rings is 1. The van der Waals surface area contributed by atoms with Crippen LogP contribution in [-0.4, -0.2) is 47.7 Å². The first-order valence-corrected chi connectivity index (χ1v) is 6.99. The third-order valence-corrected chi connectivity index (χ3v) is 2.98. The van der Waals surface area contributed by atoms with Crippen molar-refractivity contribution in [2.24, 2.45) is 0 Å². The molecular formula is C12H13BrF2N2O4. The first-order valence-electron chi connectivity index (χ1n) is 5.87. The Balaban J connectivity index is 3.21. The summed E-state index contributed by atoms with van der Waals surface area (Å²) in [6, 6.07) is 3.79. The van der Waals surface area contributed by atoms with Crippen LogP contribution in [0.4, 0.5) is 14.5 Å². The number of nitrogens with zero attached hydrogens (tertiary/aromatic N) is 2. The summed E-state index contributed by atoms with van der Waals surface area (Å²) >= 11 is 3.08. The van der Waals surface area contributed by atoms with E-state index in [1.54, 1.807) is 0 Å². The molecule has 1 aromatic carbocycles. The Kier molecular flexibility index (Phi) is 6.47. The first-order chi connectivity index (χ1) is 9.92. The van der Waals surface area contributed by atoms with Gasteiger partial charge in [0.2, 0.25) is 5.75 Å². The number of carbonyl (C=O) groups is 1. The van der Waals surface area contributed by atoms with Gasteiger partial charge in [-0.15, -0.1) is 0 Å². The number of nitro groups is 1. The second-order valence-corrected chi connectivity index (χ2v) is 4.74. The predicted molar refractivity (Wildman–Crippen MR) is 75.3 cm³/mol. The van der Waals surface area contributed by atoms with Crippen molar-refractivity contribution in [2.75, 3.05) is 25.5 Å². The fourth-order valence-corrected chi connectivity index (χ4v) is 2.19. The average Bonchev–Trinajstić information content (AvgIpc) is 2.44. The molecule has 0 aromatic heterocycles. The van der Waals surface area contributed by atoms with Crippen LogP contribution in [0.25, 0.3) is 0 Å². The van der Waals surface area contributed by atoms with Gasteiger partial charge in [-0.2, -0.15) is 0 Å². The smallest absolute Gasteiger partial charge is 0.311 e. The minimum absolute atomic E-state index is 0.0506. The first kappa shape index (κ1) is 17.3. The van der Waals surface area contributed by atoms with Crippen LogP contribution in [-0.2, 0) is 0 Å². The molecule has 1 amide bonds. The van der Waals surface area contributed by atoms with Crippen LogP contribution in [0.15, 0.2) is 18.2 Å². The molecule has 6 nitrogen and oxygen atoms in total. The Bertz CT molecular complexity index is 528. The summed E-state index contributed by atoms with van der Waals surface area (Å²) in [6.07, 6.45) is -2.70. The van der Waals surface area contributed by atoms with Gasteiger partial charge in [-0.1, -0.05) is 22.0 Å². The molecule has 0 bridgehead atoms. The van der Waals surface area contributed by atoms with Gasteiger partial charge in [0, 0.05) is 17.9 Å². The van der Waals surface area contributed by atoms with Crippen molar-refractivity contribution in [1.29, 1.82) is 0 Å². The predicted octanol–water partition coefficient (Wildman–Crippen LogP) is 2.71. The Morgan fingerprint density at radius 2 is 2.19 bits per heavy atom. The molecule has 1 aromatic rings. The molecule has 0 atom stereocenters. The highest BCUT2D eigenvalue weighted by atomic mass is 79.9. The normalized spacial score (nSPS) is 10.5. The third-order valence-electron chi connectivity index (χ3n) is 2.63. The Labute approximate surface area is 128 Å². The van der Waals surface area contributed by atoms with Gasteiger partial charge in [0.25, 0.3) is 12.3 Å². The molecular weight excluding hydrogens is 354 g/mol. The number of carbonyl (C=O) groups excluding carboxylic acids is 1. The lowest BCUT2D eigenvalue weighted by molar-refractivity contribution is -0.385. The Hall–Kier alpha value is -1.77. The maximum atomic E-state index is 12.5. The molecule has 0 radical (unpaired) electrons. The highest BCUT2D eigenvalue weighted by Crippen LogP contribution is 2.31. The van der Waals surface area contributed by atoms with Crippen LogP contribution < -0.4 is 4.74 Å². The molecule has 0 aliphatic rings. The van der Waals surface area contributed by atoms with Crippen LogP contribution in [0, 0.1) is 10.1 Å². The van der Waals surface area contributed by atoms with Crippen LogP contribution >= 0.6 is 15.9 Å². The van der Waals surface area contributed by atoms with Crippen LogP contribution in [0.3, 0.4) is 0 Å². The van der Waals surface area contributed by atoms with Crippen molar-refractivity contribution < 1.29 is 23.2 Å². The molecule has 0 saturated carbocycles. The van der Waals surface area contributed by atoms with Crippen LogP contribution in [0.5, 0.6) is 5.75 Å². The van der Waals surface area contributed by atoms with Crippen molar-refractivity contribution in [3.8, 4) is 5.75 Å². The van der Waals surface area contributed by atoms with Gasteiger partial charge >= 0.3 is 5.69 Å². The molecule has 0 heterocycles. The minimum atomic E-state index is -2.70. The number of ether oxygens (including phenoxy) is 1. The van der Waals surface area contributed by atoms with Crippen molar-refractivity contribution in [3.63, 3.8) is 0 Å². The molecule has 0 saturated heterocycles. The van der Waals surface area contributed by atoms with Crippen LogP contribution in [0.1, 0.15) is 10.4 Å². The monoisotopic (exact) mass is 366 g/mol. The van der Waals surface area contributed by atoms with Gasteiger partial charge in [0.1, 0.15) is 0 Å². The van der Waals surface area contributed by atoms with Gasteiger partial charge in [-0.25, -0.2) is 8.78 Å². The number of rotatable bonds is 7. The molecule has 0 aliphatic heterocycles. The molecule has 21 heavy (non-hydrogen) atoms. The molecule has 9 heteroatoms. The molecule has 0 unspecified atom stereocenters. The molecule has 0 fully saturated rings. The molecule has 1 rings (SSSR count). The van der Waals surface area contributed by atoms with Gasteiger partial charge in [-0.3, -0.25) is 14.9 Å². The topological polar surface area (TPSA) is 72.7 Å². The van der Waals surface area contributed by atoms with E-state index in [9.17, 15) is 23.7 Å². The SMILES string of the molecule is COc1c(C(=O)N(CCBr)CC(F)F)cccc1[N+](=O)[O-]. The number of methoxy groups -OCH3 is 1. The van der Waals surface area contributed by atoms with E-state index >= 15 is 0 Å². The van der Waals surface area contributed by atoms with Gasteiger partial charge in [0.05, 0.1) is 24.1 Å². The van der Waals surface area contributed by atoms with E-state index in [2.05, 4.69) is 15.9 Å². The lowest BCUT2D eigenvalue weighted by atomic mass is 10.1. The summed E-state index contributed by atoms with van der Waals surface area (Å²) in [5, 5.41) is 11.2. The standard InChI is InChI=1S/C12H13BrF2N2O4/c1-21-11-8(3-2-4-9(11)17(19)20)12(18)16(6-5-13)7-10(14)15/h2-4,10H,5-7H2,1H3. The van der Waals surface area contributed by atoms with E-state index in [1.807, 2.05) is 0 Å². The summed E-state index contributed by atoms with van der Waals surface area (Å²) in [5.41, 5.74) is -0.507. The van der Waals surface area contributed by atoms with Crippen LogP contribution in [0.2, 0.25) is 0 Å². The zero-order chi connectivity index (χ0) is 16.0. The summed E-state index contributed by atoms with van der Waals surface area (Å²) in [7, 11) is 1.18. The number of hydrogen-bond donors (Lipinski definition) is 0. The number of para-hydroxylation sites is 1. The Morgan fingerprint density at radius 1 is 1.52 bits per heavy atom. The second kappa shape index (κ2) is 7.87. The van der Waals surface area contributed by atoms with Crippen molar-refractivity contribution >= 4 is 27.5 Å². The molecule has 0 N–H and O–H groups in total. The Morgan fingerprint density at radius 3 is 2.67 bits per heavy atom. The van der Waals surface area contributed by atoms with Crippen molar-refractivity contribution in [1.82, 2.24) is 4.90 Å². The lowest BCUT2D eigenvalue weighted by Crippen LogP contribution is -2.36. The fourth-order valence-electron chi connectivity index (χ4n) is 1.77. The van der Waals surface area contributed by atoms with E-state index in [1.165, 1.54) is 25.3 Å². The van der Waals surface area contributed by atoms with E-state index in [0.717, 1.165) is 4.90 Å².